The third-order valence-electron chi connectivity index (χ3n) is 7.57. The molecule has 2 aromatic heterocycles. The maximum atomic E-state index is 13.1. The van der Waals surface area contributed by atoms with Gasteiger partial charge in [0.2, 0.25) is 5.88 Å². The minimum atomic E-state index is -4.36. The van der Waals surface area contributed by atoms with Crippen molar-refractivity contribution < 1.29 is 17.9 Å². The van der Waals surface area contributed by atoms with E-state index in [2.05, 4.69) is 35.6 Å². The van der Waals surface area contributed by atoms with Crippen LogP contribution in [0.5, 0.6) is 5.88 Å². The molecule has 0 aliphatic carbocycles. The standard InChI is InChI=1S/C28H36F3N5O2/c1-6-20-17-36(26-25-23(34(5)27(37)33-26)14-15-24(32-25)38-9-4)21(7-2)16-35(20)22(8-3)18-10-12-19(13-11-18)28(29,30)31/h10-15,20-22H,6-9,16-17H2,1-5H3/t20-,21?,22?/m1/s1. The maximum absolute atomic E-state index is 13.1. The SMILES string of the molecule is CCOc1ccc2c(n1)c(N1C[C@@H](CC)N(C(CC)c3ccc(C(F)(F)F)cc3)CC1CC)nc(=O)n2C. The Hall–Kier alpha value is -3.14. The summed E-state index contributed by atoms with van der Waals surface area (Å²) in [7, 11) is 1.68. The fourth-order valence-corrected chi connectivity index (χ4v) is 5.50. The number of pyridine rings is 1. The van der Waals surface area contributed by atoms with Crippen molar-refractivity contribution in [3.63, 3.8) is 0 Å². The Morgan fingerprint density at radius 2 is 1.66 bits per heavy atom. The highest BCUT2D eigenvalue weighted by molar-refractivity contribution is 5.86. The smallest absolute Gasteiger partial charge is 0.416 e. The van der Waals surface area contributed by atoms with Crippen LogP contribution in [0.2, 0.25) is 0 Å². The average Bonchev–Trinajstić information content (AvgIpc) is 2.91. The fourth-order valence-electron chi connectivity index (χ4n) is 5.50. The molecular weight excluding hydrogens is 495 g/mol. The number of hydrogen-bond donors (Lipinski definition) is 0. The van der Waals surface area contributed by atoms with Crippen molar-refractivity contribution in [2.45, 2.75) is 71.3 Å². The quantitative estimate of drug-likeness (QED) is 0.378. The number of aromatic nitrogens is 3. The largest absolute Gasteiger partial charge is 0.478 e. The number of nitrogens with zero attached hydrogens (tertiary/aromatic N) is 5. The molecule has 0 amide bonds. The number of fused-ring (bicyclic) bond motifs is 1. The van der Waals surface area contributed by atoms with Crippen LogP contribution in [0, 0.1) is 0 Å². The van der Waals surface area contributed by atoms with Crippen LogP contribution in [0.1, 0.15) is 64.1 Å². The summed E-state index contributed by atoms with van der Waals surface area (Å²) >= 11 is 0. The van der Waals surface area contributed by atoms with Gasteiger partial charge in [-0.25, -0.2) is 9.78 Å². The van der Waals surface area contributed by atoms with Gasteiger partial charge in [-0.15, -0.1) is 0 Å². The lowest BCUT2D eigenvalue weighted by atomic mass is 9.94. The number of anilines is 1. The molecule has 206 valence electrons. The van der Waals surface area contributed by atoms with Crippen LogP contribution in [0.15, 0.2) is 41.2 Å². The van der Waals surface area contributed by atoms with Crippen molar-refractivity contribution in [2.24, 2.45) is 7.05 Å². The molecule has 38 heavy (non-hydrogen) atoms. The first-order valence-electron chi connectivity index (χ1n) is 13.3. The highest BCUT2D eigenvalue weighted by Crippen LogP contribution is 2.36. The van der Waals surface area contributed by atoms with Gasteiger partial charge in [0.15, 0.2) is 5.82 Å². The second-order valence-corrected chi connectivity index (χ2v) is 9.74. The Balaban J connectivity index is 1.72. The zero-order valence-electron chi connectivity index (χ0n) is 22.6. The topological polar surface area (TPSA) is 63.5 Å². The molecule has 3 heterocycles. The molecule has 0 radical (unpaired) electrons. The van der Waals surface area contributed by atoms with Crippen molar-refractivity contribution in [1.29, 1.82) is 0 Å². The molecule has 0 spiro atoms. The lowest BCUT2D eigenvalue weighted by molar-refractivity contribution is -0.137. The molecule has 0 N–H and O–H groups in total. The van der Waals surface area contributed by atoms with Crippen LogP contribution in [-0.2, 0) is 13.2 Å². The van der Waals surface area contributed by atoms with E-state index in [4.69, 9.17) is 9.72 Å². The first-order valence-corrected chi connectivity index (χ1v) is 13.3. The molecule has 1 aliphatic rings. The normalized spacial score (nSPS) is 19.6. The lowest BCUT2D eigenvalue weighted by Gasteiger charge is -2.49. The zero-order valence-corrected chi connectivity index (χ0v) is 22.6. The molecule has 4 rings (SSSR count). The zero-order chi connectivity index (χ0) is 27.6. The average molecular weight is 532 g/mol. The van der Waals surface area contributed by atoms with E-state index in [0.29, 0.717) is 42.4 Å². The Morgan fingerprint density at radius 1 is 0.974 bits per heavy atom. The van der Waals surface area contributed by atoms with Gasteiger partial charge in [0.1, 0.15) is 5.52 Å². The van der Waals surface area contributed by atoms with Crippen LogP contribution in [0.3, 0.4) is 0 Å². The molecule has 3 atom stereocenters. The second kappa shape index (κ2) is 11.3. The van der Waals surface area contributed by atoms with Gasteiger partial charge in [-0.3, -0.25) is 9.47 Å². The summed E-state index contributed by atoms with van der Waals surface area (Å²) in [5.74, 6) is 1.03. The van der Waals surface area contributed by atoms with E-state index in [-0.39, 0.29) is 23.8 Å². The predicted molar refractivity (Wildman–Crippen MR) is 143 cm³/mol. The first kappa shape index (κ1) is 27.9. The summed E-state index contributed by atoms with van der Waals surface area (Å²) in [5.41, 5.74) is 1.20. The molecule has 2 unspecified atom stereocenters. The molecule has 1 saturated heterocycles. The summed E-state index contributed by atoms with van der Waals surface area (Å²) in [6, 6.07) is 9.28. The molecule has 10 heteroatoms. The second-order valence-electron chi connectivity index (χ2n) is 9.74. The van der Waals surface area contributed by atoms with E-state index in [9.17, 15) is 18.0 Å². The van der Waals surface area contributed by atoms with Gasteiger partial charge in [0.25, 0.3) is 0 Å². The van der Waals surface area contributed by atoms with Crippen LogP contribution in [-0.4, -0.2) is 51.2 Å². The number of halogens is 3. The minimum absolute atomic E-state index is 0.0190. The fraction of sp³-hybridized carbons (Fsp3) is 0.536. The van der Waals surface area contributed by atoms with Crippen molar-refractivity contribution in [1.82, 2.24) is 19.4 Å². The molecule has 1 aromatic carbocycles. The summed E-state index contributed by atoms with van der Waals surface area (Å²) in [6.45, 7) is 9.97. The Morgan fingerprint density at radius 3 is 2.24 bits per heavy atom. The van der Waals surface area contributed by atoms with Gasteiger partial charge in [-0.05, 0) is 49.9 Å². The number of ether oxygens (including phenoxy) is 1. The lowest BCUT2D eigenvalue weighted by Crippen LogP contribution is -2.59. The molecule has 3 aromatic rings. The maximum Gasteiger partial charge on any atom is 0.416 e. The number of piperazine rings is 1. The van der Waals surface area contributed by atoms with Gasteiger partial charge < -0.3 is 9.64 Å². The van der Waals surface area contributed by atoms with E-state index in [1.807, 2.05) is 13.0 Å². The number of alkyl halides is 3. The Kier molecular flexibility index (Phi) is 8.30. The summed E-state index contributed by atoms with van der Waals surface area (Å²) < 4.78 is 46.6. The van der Waals surface area contributed by atoms with Crippen LogP contribution in [0.25, 0.3) is 11.0 Å². The summed E-state index contributed by atoms with van der Waals surface area (Å²) in [5, 5.41) is 0. The molecule has 7 nitrogen and oxygen atoms in total. The van der Waals surface area contributed by atoms with Crippen molar-refractivity contribution in [2.75, 3.05) is 24.6 Å². The highest BCUT2D eigenvalue weighted by atomic mass is 19.4. The number of hydrogen-bond acceptors (Lipinski definition) is 6. The Labute approximate surface area is 221 Å². The van der Waals surface area contributed by atoms with Gasteiger partial charge in [-0.1, -0.05) is 32.9 Å². The van der Waals surface area contributed by atoms with E-state index >= 15 is 0 Å². The van der Waals surface area contributed by atoms with Gasteiger partial charge >= 0.3 is 11.9 Å². The van der Waals surface area contributed by atoms with E-state index < -0.39 is 11.7 Å². The Bertz CT molecular complexity index is 1310. The third kappa shape index (κ3) is 5.36. The summed E-state index contributed by atoms with van der Waals surface area (Å²) in [4.78, 5) is 26.6. The van der Waals surface area contributed by atoms with Gasteiger partial charge in [0.05, 0.1) is 17.7 Å². The number of aryl methyl sites for hydroxylation is 1. The van der Waals surface area contributed by atoms with Gasteiger partial charge in [-0.2, -0.15) is 18.2 Å². The van der Waals surface area contributed by atoms with Crippen molar-refractivity contribution in [3.8, 4) is 5.88 Å². The van der Waals surface area contributed by atoms with E-state index in [0.717, 1.165) is 24.8 Å². The molecular formula is C28H36F3N5O2. The van der Waals surface area contributed by atoms with Crippen LogP contribution >= 0.6 is 0 Å². The number of benzene rings is 1. The van der Waals surface area contributed by atoms with E-state index in [1.54, 1.807) is 25.2 Å². The monoisotopic (exact) mass is 531 g/mol. The number of rotatable bonds is 8. The first-order chi connectivity index (χ1) is 18.1. The van der Waals surface area contributed by atoms with Crippen LogP contribution in [0.4, 0.5) is 19.0 Å². The minimum Gasteiger partial charge on any atom is -0.478 e. The summed E-state index contributed by atoms with van der Waals surface area (Å²) in [6.07, 6.45) is -1.95. The van der Waals surface area contributed by atoms with Crippen molar-refractivity contribution >= 4 is 16.9 Å². The third-order valence-corrected chi connectivity index (χ3v) is 7.57. The van der Waals surface area contributed by atoms with Crippen molar-refractivity contribution in [3.05, 3.63) is 58.0 Å². The molecule has 0 bridgehead atoms. The highest BCUT2D eigenvalue weighted by Gasteiger charge is 2.38. The van der Waals surface area contributed by atoms with Crippen LogP contribution < -0.4 is 15.3 Å². The molecule has 1 fully saturated rings. The predicted octanol–water partition coefficient (Wildman–Crippen LogP) is 5.58. The molecule has 1 aliphatic heterocycles. The van der Waals surface area contributed by atoms with E-state index in [1.165, 1.54) is 16.7 Å². The van der Waals surface area contributed by atoms with Gasteiger partial charge in [0, 0.05) is 44.3 Å². The molecule has 0 saturated carbocycles.